The molecule has 0 aliphatic carbocycles. The number of amides is 2. The molecule has 1 unspecified atom stereocenters. The SMILES string of the molecule is NC(=O)C1CN(C(=O)c2ccc(OC(F)F)cc2)c2ccccc2O1. The number of nitrogens with zero attached hydrogens (tertiary/aromatic N) is 1. The first-order valence-electron chi connectivity index (χ1n) is 7.37. The summed E-state index contributed by atoms with van der Waals surface area (Å²) in [6.45, 7) is -2.98. The standard InChI is InChI=1S/C17H14F2N2O4/c18-17(19)24-11-7-5-10(6-8-11)16(23)21-9-14(15(20)22)25-13-4-2-1-3-12(13)21/h1-8,14,17H,9H2,(H2,20,22). The number of carbonyl (C=O) groups excluding carboxylic acids is 2. The van der Waals surface area contributed by atoms with Crippen molar-refractivity contribution in [3.05, 3.63) is 54.1 Å². The number of alkyl halides is 2. The molecule has 130 valence electrons. The Kier molecular flexibility index (Phi) is 4.51. The molecule has 2 N–H and O–H groups in total. The molecule has 1 heterocycles. The minimum Gasteiger partial charge on any atom is -0.477 e. The molecule has 3 rings (SSSR count). The highest BCUT2D eigenvalue weighted by Crippen LogP contribution is 2.34. The molecule has 25 heavy (non-hydrogen) atoms. The van der Waals surface area contributed by atoms with Crippen molar-refractivity contribution in [2.24, 2.45) is 5.73 Å². The summed E-state index contributed by atoms with van der Waals surface area (Å²) < 4.78 is 34.2. The fourth-order valence-corrected chi connectivity index (χ4v) is 2.51. The van der Waals surface area contributed by atoms with E-state index in [1.807, 2.05) is 0 Å². The van der Waals surface area contributed by atoms with Gasteiger partial charge >= 0.3 is 6.61 Å². The van der Waals surface area contributed by atoms with E-state index < -0.39 is 24.5 Å². The average Bonchev–Trinajstić information content (AvgIpc) is 2.60. The lowest BCUT2D eigenvalue weighted by atomic mass is 10.1. The smallest absolute Gasteiger partial charge is 0.387 e. The van der Waals surface area contributed by atoms with E-state index in [2.05, 4.69) is 4.74 Å². The zero-order chi connectivity index (χ0) is 18.0. The van der Waals surface area contributed by atoms with Crippen LogP contribution in [0.3, 0.4) is 0 Å². The summed E-state index contributed by atoms with van der Waals surface area (Å²) in [5.41, 5.74) is 6.05. The van der Waals surface area contributed by atoms with Crippen LogP contribution in [0, 0.1) is 0 Å². The Labute approximate surface area is 141 Å². The molecule has 0 spiro atoms. The lowest BCUT2D eigenvalue weighted by molar-refractivity contribution is -0.124. The topological polar surface area (TPSA) is 81.9 Å². The summed E-state index contributed by atoms with van der Waals surface area (Å²) in [6.07, 6.45) is -0.972. The van der Waals surface area contributed by atoms with Crippen LogP contribution in [0.1, 0.15) is 10.4 Å². The van der Waals surface area contributed by atoms with Gasteiger partial charge in [-0.1, -0.05) is 12.1 Å². The third kappa shape index (κ3) is 3.52. The molecular weight excluding hydrogens is 334 g/mol. The molecular formula is C17H14F2N2O4. The first-order valence-corrected chi connectivity index (χ1v) is 7.37. The molecule has 6 nitrogen and oxygen atoms in total. The Morgan fingerprint density at radius 3 is 2.48 bits per heavy atom. The van der Waals surface area contributed by atoms with Gasteiger partial charge in [0.1, 0.15) is 11.5 Å². The second-order valence-corrected chi connectivity index (χ2v) is 5.30. The molecule has 0 radical (unpaired) electrons. The lowest BCUT2D eigenvalue weighted by Gasteiger charge is -2.33. The zero-order valence-corrected chi connectivity index (χ0v) is 12.9. The number of rotatable bonds is 4. The molecule has 2 aromatic carbocycles. The van der Waals surface area contributed by atoms with Crippen LogP contribution in [0.15, 0.2) is 48.5 Å². The van der Waals surface area contributed by atoms with Crippen molar-refractivity contribution < 1.29 is 27.8 Å². The number of para-hydroxylation sites is 2. The van der Waals surface area contributed by atoms with Gasteiger partial charge in [0.15, 0.2) is 6.10 Å². The first kappa shape index (κ1) is 16.7. The third-order valence-corrected chi connectivity index (χ3v) is 3.66. The van der Waals surface area contributed by atoms with Crippen LogP contribution in [-0.4, -0.2) is 31.1 Å². The van der Waals surface area contributed by atoms with Crippen LogP contribution in [0.25, 0.3) is 0 Å². The van der Waals surface area contributed by atoms with Crippen molar-refractivity contribution in [1.29, 1.82) is 0 Å². The highest BCUT2D eigenvalue weighted by atomic mass is 19.3. The van der Waals surface area contributed by atoms with Crippen molar-refractivity contribution in [3.63, 3.8) is 0 Å². The van der Waals surface area contributed by atoms with Gasteiger partial charge in [-0.25, -0.2) is 0 Å². The number of halogens is 2. The van der Waals surface area contributed by atoms with Crippen molar-refractivity contribution in [3.8, 4) is 11.5 Å². The summed E-state index contributed by atoms with van der Waals surface area (Å²) in [5.74, 6) is -0.786. The van der Waals surface area contributed by atoms with Gasteiger partial charge in [-0.15, -0.1) is 0 Å². The lowest BCUT2D eigenvalue weighted by Crippen LogP contribution is -2.49. The van der Waals surface area contributed by atoms with E-state index in [4.69, 9.17) is 10.5 Å². The first-order chi connectivity index (χ1) is 12.0. The summed E-state index contributed by atoms with van der Waals surface area (Å²) in [7, 11) is 0. The monoisotopic (exact) mass is 348 g/mol. The van der Waals surface area contributed by atoms with Crippen LogP contribution < -0.4 is 20.1 Å². The number of fused-ring (bicyclic) bond motifs is 1. The molecule has 1 aliphatic heterocycles. The fourth-order valence-electron chi connectivity index (χ4n) is 2.51. The number of benzene rings is 2. The summed E-state index contributed by atoms with van der Waals surface area (Å²) >= 11 is 0. The molecule has 0 aromatic heterocycles. The quantitative estimate of drug-likeness (QED) is 0.918. The van der Waals surface area contributed by atoms with Crippen molar-refractivity contribution in [2.45, 2.75) is 12.7 Å². The normalized spacial score (nSPS) is 16.1. The Hall–Kier alpha value is -3.16. The van der Waals surface area contributed by atoms with Crippen LogP contribution in [0.4, 0.5) is 14.5 Å². The maximum absolute atomic E-state index is 12.8. The third-order valence-electron chi connectivity index (χ3n) is 3.66. The largest absolute Gasteiger partial charge is 0.477 e. The molecule has 2 aromatic rings. The van der Waals surface area contributed by atoms with E-state index in [1.165, 1.54) is 29.2 Å². The Morgan fingerprint density at radius 1 is 1.16 bits per heavy atom. The number of ether oxygens (including phenoxy) is 2. The Balaban J connectivity index is 1.89. The van der Waals surface area contributed by atoms with Crippen LogP contribution >= 0.6 is 0 Å². The van der Waals surface area contributed by atoms with E-state index in [0.717, 1.165) is 0 Å². The van der Waals surface area contributed by atoms with E-state index >= 15 is 0 Å². The molecule has 0 saturated carbocycles. The minimum absolute atomic E-state index is 0.0412. The van der Waals surface area contributed by atoms with Gasteiger partial charge < -0.3 is 20.1 Å². The average molecular weight is 348 g/mol. The van der Waals surface area contributed by atoms with Crippen LogP contribution in [0.5, 0.6) is 11.5 Å². The van der Waals surface area contributed by atoms with Crippen LogP contribution in [-0.2, 0) is 4.79 Å². The number of anilines is 1. The summed E-state index contributed by atoms with van der Waals surface area (Å²) in [5, 5.41) is 0. The molecule has 1 atom stereocenters. The fraction of sp³-hybridized carbons (Fsp3) is 0.176. The van der Waals surface area contributed by atoms with Crippen LogP contribution in [0.2, 0.25) is 0 Å². The van der Waals surface area contributed by atoms with Crippen molar-refractivity contribution >= 4 is 17.5 Å². The summed E-state index contributed by atoms with van der Waals surface area (Å²) in [6, 6.07) is 12.0. The number of hydrogen-bond donors (Lipinski definition) is 1. The van der Waals surface area contributed by atoms with E-state index in [9.17, 15) is 18.4 Å². The van der Waals surface area contributed by atoms with E-state index in [0.29, 0.717) is 11.4 Å². The highest BCUT2D eigenvalue weighted by Gasteiger charge is 2.33. The van der Waals surface area contributed by atoms with Gasteiger partial charge in [-0.05, 0) is 36.4 Å². The number of carbonyl (C=O) groups is 2. The maximum atomic E-state index is 12.8. The summed E-state index contributed by atoms with van der Waals surface area (Å²) in [4.78, 5) is 25.7. The number of hydrogen-bond acceptors (Lipinski definition) is 4. The van der Waals surface area contributed by atoms with E-state index in [-0.39, 0.29) is 17.9 Å². The molecule has 1 aliphatic rings. The predicted octanol–water partition coefficient (Wildman–Crippen LogP) is 2.18. The van der Waals surface area contributed by atoms with Gasteiger partial charge in [-0.3, -0.25) is 9.59 Å². The number of primary amides is 1. The van der Waals surface area contributed by atoms with Gasteiger partial charge in [0, 0.05) is 5.56 Å². The molecule has 0 bridgehead atoms. The van der Waals surface area contributed by atoms with Gasteiger partial charge in [0.25, 0.3) is 11.8 Å². The highest BCUT2D eigenvalue weighted by molar-refractivity contribution is 6.07. The van der Waals surface area contributed by atoms with Gasteiger partial charge in [0.05, 0.1) is 12.2 Å². The molecule has 2 amide bonds. The zero-order valence-electron chi connectivity index (χ0n) is 12.9. The van der Waals surface area contributed by atoms with E-state index in [1.54, 1.807) is 24.3 Å². The molecule has 8 heteroatoms. The van der Waals surface area contributed by atoms with Gasteiger partial charge in [0.2, 0.25) is 0 Å². The second kappa shape index (κ2) is 6.76. The molecule has 0 fully saturated rings. The Bertz CT molecular complexity index is 795. The number of nitrogens with two attached hydrogens (primary N) is 1. The van der Waals surface area contributed by atoms with Crippen molar-refractivity contribution in [1.82, 2.24) is 0 Å². The van der Waals surface area contributed by atoms with Gasteiger partial charge in [-0.2, -0.15) is 8.78 Å². The molecule has 0 saturated heterocycles. The second-order valence-electron chi connectivity index (χ2n) is 5.30. The Morgan fingerprint density at radius 2 is 1.84 bits per heavy atom. The predicted molar refractivity (Wildman–Crippen MR) is 84.8 cm³/mol. The minimum atomic E-state index is -2.94. The van der Waals surface area contributed by atoms with Crippen molar-refractivity contribution in [2.75, 3.05) is 11.4 Å². The maximum Gasteiger partial charge on any atom is 0.387 e.